The largest absolute Gasteiger partial charge is 0.497 e. The van der Waals surface area contributed by atoms with Crippen LogP contribution in [0.5, 0.6) is 5.75 Å². The van der Waals surface area contributed by atoms with Crippen LogP contribution in [-0.2, 0) is 11.3 Å². The molecule has 1 aliphatic heterocycles. The number of aryl methyl sites for hydroxylation is 1. The number of amides is 2. The van der Waals surface area contributed by atoms with Gasteiger partial charge in [-0.3, -0.25) is 9.59 Å². The van der Waals surface area contributed by atoms with Crippen molar-refractivity contribution in [3.8, 4) is 5.75 Å². The van der Waals surface area contributed by atoms with Crippen molar-refractivity contribution in [3.05, 3.63) is 77.9 Å². The van der Waals surface area contributed by atoms with Gasteiger partial charge in [0.25, 0.3) is 5.91 Å². The number of benzene rings is 2. The summed E-state index contributed by atoms with van der Waals surface area (Å²) in [4.78, 5) is 29.5. The van der Waals surface area contributed by atoms with E-state index in [2.05, 4.69) is 30.8 Å². The zero-order chi connectivity index (χ0) is 20.8. The predicted molar refractivity (Wildman–Crippen MR) is 114 cm³/mol. The third kappa shape index (κ3) is 5.05. The standard InChI is InChI=1S/C24H28N2O3/c1-4-5-6-21-16-25(24(28)20-11-13-22(29-3)14-12-20)17-23(27)26(21)15-19-9-7-18(2)8-10-19/h4,7-14,21H,1,5-6,15-17H2,2-3H3/t21-/m0/s1. The van der Waals surface area contributed by atoms with Crippen LogP contribution in [0.4, 0.5) is 0 Å². The molecule has 3 rings (SSSR count). The minimum Gasteiger partial charge on any atom is -0.497 e. The molecule has 1 heterocycles. The molecule has 152 valence electrons. The van der Waals surface area contributed by atoms with Gasteiger partial charge in [-0.05, 0) is 49.6 Å². The van der Waals surface area contributed by atoms with Gasteiger partial charge in [-0.2, -0.15) is 0 Å². The van der Waals surface area contributed by atoms with E-state index in [4.69, 9.17) is 4.74 Å². The van der Waals surface area contributed by atoms with Crippen LogP contribution in [0.1, 0.15) is 34.3 Å². The quantitative estimate of drug-likeness (QED) is 0.673. The number of rotatable bonds is 7. The van der Waals surface area contributed by atoms with Crippen molar-refractivity contribution in [3.63, 3.8) is 0 Å². The van der Waals surface area contributed by atoms with E-state index in [-0.39, 0.29) is 24.4 Å². The molecule has 0 spiro atoms. The second kappa shape index (κ2) is 9.41. The molecular weight excluding hydrogens is 364 g/mol. The number of nitrogens with zero attached hydrogens (tertiary/aromatic N) is 2. The molecule has 0 bridgehead atoms. The van der Waals surface area contributed by atoms with Crippen LogP contribution in [0.25, 0.3) is 0 Å². The van der Waals surface area contributed by atoms with Crippen LogP contribution < -0.4 is 4.74 Å². The van der Waals surface area contributed by atoms with E-state index in [1.165, 1.54) is 5.56 Å². The van der Waals surface area contributed by atoms with Crippen molar-refractivity contribution in [2.24, 2.45) is 0 Å². The SMILES string of the molecule is C=CCC[C@H]1CN(C(=O)c2ccc(OC)cc2)CC(=O)N1Cc1ccc(C)cc1. The van der Waals surface area contributed by atoms with Gasteiger partial charge >= 0.3 is 0 Å². The van der Waals surface area contributed by atoms with Crippen molar-refractivity contribution in [2.45, 2.75) is 32.4 Å². The van der Waals surface area contributed by atoms with Crippen molar-refractivity contribution in [2.75, 3.05) is 20.2 Å². The van der Waals surface area contributed by atoms with E-state index in [1.807, 2.05) is 17.9 Å². The van der Waals surface area contributed by atoms with Crippen LogP contribution in [0.2, 0.25) is 0 Å². The minimum absolute atomic E-state index is 0.0206. The molecule has 0 aromatic heterocycles. The summed E-state index contributed by atoms with van der Waals surface area (Å²) in [5, 5.41) is 0. The summed E-state index contributed by atoms with van der Waals surface area (Å²) in [5.74, 6) is 0.553. The summed E-state index contributed by atoms with van der Waals surface area (Å²) in [7, 11) is 1.59. The minimum atomic E-state index is -0.125. The van der Waals surface area contributed by atoms with Crippen LogP contribution in [-0.4, -0.2) is 47.9 Å². The average molecular weight is 392 g/mol. The molecule has 0 radical (unpaired) electrons. The van der Waals surface area contributed by atoms with E-state index in [0.717, 1.165) is 18.4 Å². The van der Waals surface area contributed by atoms with E-state index < -0.39 is 0 Å². The summed E-state index contributed by atoms with van der Waals surface area (Å²) in [6.07, 6.45) is 3.44. The number of allylic oxidation sites excluding steroid dienone is 1. The van der Waals surface area contributed by atoms with E-state index in [9.17, 15) is 9.59 Å². The first kappa shape index (κ1) is 20.6. The molecule has 29 heavy (non-hydrogen) atoms. The molecule has 5 heteroatoms. The Kier molecular flexibility index (Phi) is 6.70. The Labute approximate surface area is 172 Å². The van der Waals surface area contributed by atoms with Crippen molar-refractivity contribution >= 4 is 11.8 Å². The molecule has 5 nitrogen and oxygen atoms in total. The molecule has 2 amide bonds. The molecule has 0 saturated carbocycles. The molecule has 2 aromatic rings. The highest BCUT2D eigenvalue weighted by Gasteiger charge is 2.34. The first-order valence-electron chi connectivity index (χ1n) is 9.91. The lowest BCUT2D eigenvalue weighted by atomic mass is 10.0. The van der Waals surface area contributed by atoms with Crippen LogP contribution in [0, 0.1) is 6.92 Å². The van der Waals surface area contributed by atoms with E-state index >= 15 is 0 Å². The number of hydrogen-bond donors (Lipinski definition) is 0. The highest BCUT2D eigenvalue weighted by molar-refractivity contribution is 5.97. The monoisotopic (exact) mass is 392 g/mol. The zero-order valence-electron chi connectivity index (χ0n) is 17.1. The van der Waals surface area contributed by atoms with Gasteiger partial charge in [-0.1, -0.05) is 35.9 Å². The van der Waals surface area contributed by atoms with Crippen LogP contribution in [0.15, 0.2) is 61.2 Å². The Morgan fingerprint density at radius 2 is 1.86 bits per heavy atom. The van der Waals surface area contributed by atoms with Gasteiger partial charge in [0.15, 0.2) is 0 Å². The van der Waals surface area contributed by atoms with E-state index in [0.29, 0.717) is 24.4 Å². The van der Waals surface area contributed by atoms with Gasteiger partial charge < -0.3 is 14.5 Å². The van der Waals surface area contributed by atoms with Gasteiger partial charge in [0.2, 0.25) is 5.91 Å². The highest BCUT2D eigenvalue weighted by atomic mass is 16.5. The third-order valence-electron chi connectivity index (χ3n) is 5.32. The predicted octanol–water partition coefficient (Wildman–Crippen LogP) is 3.82. The highest BCUT2D eigenvalue weighted by Crippen LogP contribution is 2.22. The Hall–Kier alpha value is -3.08. The number of ether oxygens (including phenoxy) is 1. The zero-order valence-corrected chi connectivity index (χ0v) is 17.1. The van der Waals surface area contributed by atoms with E-state index in [1.54, 1.807) is 36.3 Å². The molecule has 2 aromatic carbocycles. The first-order valence-corrected chi connectivity index (χ1v) is 9.91. The normalized spacial score (nSPS) is 16.6. The summed E-state index contributed by atoms with van der Waals surface area (Å²) in [5.41, 5.74) is 2.86. The molecule has 0 N–H and O–H groups in total. The molecule has 1 saturated heterocycles. The summed E-state index contributed by atoms with van der Waals surface area (Å²) < 4.78 is 5.16. The Morgan fingerprint density at radius 1 is 1.17 bits per heavy atom. The number of methoxy groups -OCH3 is 1. The molecular formula is C24H28N2O3. The first-order chi connectivity index (χ1) is 14.0. The van der Waals surface area contributed by atoms with Crippen LogP contribution in [0.3, 0.4) is 0 Å². The summed E-state index contributed by atoms with van der Waals surface area (Å²) in [6, 6.07) is 15.2. The van der Waals surface area contributed by atoms with Gasteiger partial charge in [0.1, 0.15) is 12.3 Å². The average Bonchev–Trinajstić information content (AvgIpc) is 2.75. The van der Waals surface area contributed by atoms with Gasteiger partial charge in [-0.25, -0.2) is 0 Å². The Balaban J connectivity index is 1.76. The number of hydrogen-bond acceptors (Lipinski definition) is 3. The molecule has 1 atom stereocenters. The second-order valence-corrected chi connectivity index (χ2v) is 7.44. The van der Waals surface area contributed by atoms with Crippen LogP contribution >= 0.6 is 0 Å². The molecule has 0 aliphatic carbocycles. The fourth-order valence-corrected chi connectivity index (χ4v) is 3.61. The van der Waals surface area contributed by atoms with Gasteiger partial charge in [0.05, 0.1) is 13.2 Å². The molecule has 1 fully saturated rings. The second-order valence-electron chi connectivity index (χ2n) is 7.44. The summed E-state index contributed by atoms with van der Waals surface area (Å²) in [6.45, 7) is 7.04. The fraction of sp³-hybridized carbons (Fsp3) is 0.333. The molecule has 0 unspecified atom stereocenters. The van der Waals surface area contributed by atoms with Crippen molar-refractivity contribution < 1.29 is 14.3 Å². The topological polar surface area (TPSA) is 49.9 Å². The lowest BCUT2D eigenvalue weighted by Crippen LogP contribution is -2.57. The Bertz CT molecular complexity index is 859. The van der Waals surface area contributed by atoms with Gasteiger partial charge in [0, 0.05) is 18.7 Å². The number of piperazine rings is 1. The lowest BCUT2D eigenvalue weighted by Gasteiger charge is -2.41. The maximum atomic E-state index is 13.0. The number of carbonyl (C=O) groups excluding carboxylic acids is 2. The Morgan fingerprint density at radius 3 is 2.48 bits per heavy atom. The smallest absolute Gasteiger partial charge is 0.254 e. The number of carbonyl (C=O) groups is 2. The fourth-order valence-electron chi connectivity index (χ4n) is 3.61. The summed E-state index contributed by atoms with van der Waals surface area (Å²) >= 11 is 0. The third-order valence-corrected chi connectivity index (χ3v) is 5.32. The van der Waals surface area contributed by atoms with Crippen molar-refractivity contribution in [1.29, 1.82) is 0 Å². The lowest BCUT2D eigenvalue weighted by molar-refractivity contribution is -0.139. The maximum absolute atomic E-state index is 13.0. The maximum Gasteiger partial charge on any atom is 0.254 e. The molecule has 1 aliphatic rings. The van der Waals surface area contributed by atoms with Gasteiger partial charge in [-0.15, -0.1) is 6.58 Å². The van der Waals surface area contributed by atoms with Crippen molar-refractivity contribution in [1.82, 2.24) is 9.80 Å².